The highest BCUT2D eigenvalue weighted by Gasteiger charge is 2.09. The van der Waals surface area contributed by atoms with Gasteiger partial charge in [-0.2, -0.15) is 0 Å². The molecule has 0 aliphatic heterocycles. The smallest absolute Gasteiger partial charge is 0.193 e. The molecule has 0 bridgehead atoms. The van der Waals surface area contributed by atoms with Gasteiger partial charge >= 0.3 is 0 Å². The maximum absolute atomic E-state index is 12.4. The SMILES string of the molecule is Cc1ccc(CSc2cc(=O)c3ccc4ccccc4c3o2)cc1. The van der Waals surface area contributed by atoms with Crippen LogP contribution in [0.4, 0.5) is 0 Å². The predicted octanol–water partition coefficient (Wildman–Crippen LogP) is 5.55. The van der Waals surface area contributed by atoms with Crippen LogP contribution in [0.2, 0.25) is 0 Å². The van der Waals surface area contributed by atoms with Gasteiger partial charge in [0, 0.05) is 17.2 Å². The van der Waals surface area contributed by atoms with Crippen LogP contribution < -0.4 is 5.43 Å². The van der Waals surface area contributed by atoms with Crippen LogP contribution >= 0.6 is 11.8 Å². The Balaban J connectivity index is 1.74. The Kier molecular flexibility index (Phi) is 3.87. The van der Waals surface area contributed by atoms with Gasteiger partial charge in [0.05, 0.1) is 5.39 Å². The largest absolute Gasteiger partial charge is 0.449 e. The summed E-state index contributed by atoms with van der Waals surface area (Å²) in [5.41, 5.74) is 3.14. The predicted molar refractivity (Wildman–Crippen MR) is 101 cm³/mol. The van der Waals surface area contributed by atoms with Crippen LogP contribution in [-0.2, 0) is 5.75 Å². The molecule has 0 aliphatic rings. The Morgan fingerprint density at radius 3 is 2.54 bits per heavy atom. The van der Waals surface area contributed by atoms with E-state index in [1.54, 1.807) is 17.8 Å². The number of hydrogen-bond donors (Lipinski definition) is 0. The van der Waals surface area contributed by atoms with E-state index in [0.717, 1.165) is 16.5 Å². The van der Waals surface area contributed by atoms with Gasteiger partial charge in [0.25, 0.3) is 0 Å². The summed E-state index contributed by atoms with van der Waals surface area (Å²) in [4.78, 5) is 12.4. The van der Waals surface area contributed by atoms with E-state index in [1.807, 2.05) is 36.4 Å². The quantitative estimate of drug-likeness (QED) is 0.364. The van der Waals surface area contributed by atoms with Crippen LogP contribution in [-0.4, -0.2) is 0 Å². The molecule has 3 heteroatoms. The third-order valence-corrected chi connectivity index (χ3v) is 5.06. The molecule has 4 aromatic rings. The molecule has 2 nitrogen and oxygen atoms in total. The van der Waals surface area contributed by atoms with Gasteiger partial charge in [0.1, 0.15) is 5.58 Å². The first kappa shape index (κ1) is 15.0. The van der Waals surface area contributed by atoms with Crippen molar-refractivity contribution in [1.29, 1.82) is 0 Å². The van der Waals surface area contributed by atoms with Crippen LogP contribution in [0.1, 0.15) is 11.1 Å². The minimum absolute atomic E-state index is 0.00779. The maximum Gasteiger partial charge on any atom is 0.193 e. The number of fused-ring (bicyclic) bond motifs is 3. The highest BCUT2D eigenvalue weighted by molar-refractivity contribution is 7.98. The van der Waals surface area contributed by atoms with Crippen LogP contribution in [0.5, 0.6) is 0 Å². The molecule has 0 N–H and O–H groups in total. The molecule has 0 amide bonds. The molecule has 4 rings (SSSR count). The van der Waals surface area contributed by atoms with Crippen molar-refractivity contribution in [3.63, 3.8) is 0 Å². The Bertz CT molecular complexity index is 1080. The Morgan fingerprint density at radius 2 is 1.71 bits per heavy atom. The van der Waals surface area contributed by atoms with Gasteiger partial charge in [-0.25, -0.2) is 0 Å². The third kappa shape index (κ3) is 2.83. The monoisotopic (exact) mass is 332 g/mol. The van der Waals surface area contributed by atoms with Crippen LogP contribution in [0.15, 0.2) is 81.0 Å². The number of hydrogen-bond acceptors (Lipinski definition) is 3. The van der Waals surface area contributed by atoms with Crippen molar-refractivity contribution in [3.8, 4) is 0 Å². The van der Waals surface area contributed by atoms with E-state index in [2.05, 4.69) is 31.2 Å². The summed E-state index contributed by atoms with van der Waals surface area (Å²) in [5.74, 6) is 0.777. The minimum atomic E-state index is 0.00779. The normalized spacial score (nSPS) is 11.2. The van der Waals surface area contributed by atoms with E-state index < -0.39 is 0 Å². The first-order valence-electron chi connectivity index (χ1n) is 7.85. The zero-order valence-electron chi connectivity index (χ0n) is 13.3. The van der Waals surface area contributed by atoms with Crippen LogP contribution in [0.3, 0.4) is 0 Å². The average molecular weight is 332 g/mol. The van der Waals surface area contributed by atoms with Crippen LogP contribution in [0, 0.1) is 6.92 Å². The summed E-state index contributed by atoms with van der Waals surface area (Å²) in [7, 11) is 0. The van der Waals surface area contributed by atoms with Crippen molar-refractivity contribution >= 4 is 33.5 Å². The summed E-state index contributed by atoms with van der Waals surface area (Å²) in [6, 6.07) is 21.8. The molecule has 0 unspecified atom stereocenters. The molecule has 0 fully saturated rings. The zero-order valence-corrected chi connectivity index (χ0v) is 14.1. The van der Waals surface area contributed by atoms with Gasteiger partial charge in [-0.15, -0.1) is 0 Å². The fourth-order valence-corrected chi connectivity index (χ4v) is 3.61. The van der Waals surface area contributed by atoms with E-state index in [0.29, 0.717) is 16.1 Å². The third-order valence-electron chi connectivity index (χ3n) is 4.10. The fraction of sp³-hybridized carbons (Fsp3) is 0.0952. The van der Waals surface area contributed by atoms with Crippen molar-refractivity contribution < 1.29 is 4.42 Å². The number of rotatable bonds is 3. The fourth-order valence-electron chi connectivity index (χ4n) is 2.77. The van der Waals surface area contributed by atoms with Crippen molar-refractivity contribution in [2.75, 3.05) is 0 Å². The summed E-state index contributed by atoms with van der Waals surface area (Å²) in [5, 5.41) is 3.34. The Morgan fingerprint density at radius 1 is 0.917 bits per heavy atom. The lowest BCUT2D eigenvalue weighted by Crippen LogP contribution is -2.00. The Hall–Kier alpha value is -2.52. The molecule has 1 aromatic heterocycles. The van der Waals surface area contributed by atoms with Gasteiger partial charge < -0.3 is 4.42 Å². The molecule has 0 saturated heterocycles. The number of thioether (sulfide) groups is 1. The summed E-state index contributed by atoms with van der Waals surface area (Å²) in [6.45, 7) is 2.07. The molecule has 0 spiro atoms. The molecule has 0 radical (unpaired) electrons. The molecule has 0 aliphatic carbocycles. The second kappa shape index (κ2) is 6.17. The number of aryl methyl sites for hydroxylation is 1. The van der Waals surface area contributed by atoms with Gasteiger partial charge in [-0.05, 0) is 23.9 Å². The highest BCUT2D eigenvalue weighted by Crippen LogP contribution is 2.29. The highest BCUT2D eigenvalue weighted by atomic mass is 32.2. The molecule has 24 heavy (non-hydrogen) atoms. The summed E-state index contributed by atoms with van der Waals surface area (Å²) >= 11 is 1.55. The van der Waals surface area contributed by atoms with Crippen molar-refractivity contribution in [1.82, 2.24) is 0 Å². The molecular formula is C21H16O2S. The minimum Gasteiger partial charge on any atom is -0.449 e. The van der Waals surface area contributed by atoms with Gasteiger partial charge in [0.15, 0.2) is 10.5 Å². The first-order chi connectivity index (χ1) is 11.7. The number of benzene rings is 3. The van der Waals surface area contributed by atoms with E-state index >= 15 is 0 Å². The molecule has 118 valence electrons. The lowest BCUT2D eigenvalue weighted by Gasteiger charge is -2.06. The van der Waals surface area contributed by atoms with E-state index in [-0.39, 0.29) is 5.43 Å². The van der Waals surface area contributed by atoms with Crippen molar-refractivity contribution in [2.24, 2.45) is 0 Å². The van der Waals surface area contributed by atoms with Gasteiger partial charge in [-0.3, -0.25) is 4.79 Å². The molecule has 0 saturated carbocycles. The van der Waals surface area contributed by atoms with Crippen LogP contribution in [0.25, 0.3) is 21.7 Å². The van der Waals surface area contributed by atoms with Crippen molar-refractivity contribution in [2.45, 2.75) is 17.8 Å². The van der Waals surface area contributed by atoms with Gasteiger partial charge in [0.2, 0.25) is 0 Å². The van der Waals surface area contributed by atoms with Gasteiger partial charge in [-0.1, -0.05) is 71.9 Å². The topological polar surface area (TPSA) is 30.2 Å². The Labute approximate surface area is 144 Å². The second-order valence-electron chi connectivity index (χ2n) is 5.87. The molecule has 0 atom stereocenters. The van der Waals surface area contributed by atoms with E-state index in [4.69, 9.17) is 4.42 Å². The lowest BCUT2D eigenvalue weighted by atomic mass is 10.1. The standard InChI is InChI=1S/C21H16O2S/c1-14-6-8-15(9-7-14)13-24-20-12-19(22)18-11-10-16-4-2-3-5-17(16)21(18)23-20/h2-12H,13H2,1H3. The summed E-state index contributed by atoms with van der Waals surface area (Å²) in [6.07, 6.45) is 0. The first-order valence-corrected chi connectivity index (χ1v) is 8.83. The molecular weight excluding hydrogens is 316 g/mol. The van der Waals surface area contributed by atoms with E-state index in [9.17, 15) is 4.79 Å². The zero-order chi connectivity index (χ0) is 16.5. The van der Waals surface area contributed by atoms with E-state index in [1.165, 1.54) is 11.1 Å². The maximum atomic E-state index is 12.4. The second-order valence-corrected chi connectivity index (χ2v) is 6.85. The average Bonchev–Trinajstić information content (AvgIpc) is 2.61. The summed E-state index contributed by atoms with van der Waals surface area (Å²) < 4.78 is 6.06. The molecule has 3 aromatic carbocycles. The van der Waals surface area contributed by atoms with Crippen molar-refractivity contribution in [3.05, 3.63) is 88.1 Å². The lowest BCUT2D eigenvalue weighted by molar-refractivity contribution is 0.502. The molecule has 1 heterocycles.